The highest BCUT2D eigenvalue weighted by Gasteiger charge is 2.22. The monoisotopic (exact) mass is 395 g/mol. The molecule has 1 aliphatic heterocycles. The van der Waals surface area contributed by atoms with Crippen molar-refractivity contribution < 1.29 is 19.5 Å². The molecule has 0 aromatic heterocycles. The maximum Gasteiger partial charge on any atom is 0.326 e. The highest BCUT2D eigenvalue weighted by atomic mass is 16.4. The molecule has 7 nitrogen and oxygen atoms in total. The molecular weight excluding hydrogens is 370 g/mol. The third-order valence-electron chi connectivity index (χ3n) is 4.96. The number of carbonyl (C=O) groups excluding carboxylic acids is 2. The molecule has 0 saturated carbocycles. The standard InChI is InChI=1S/C22H25N3O4/c26-20(24-19(21(27)28)14-16-6-2-1-3-7-16)10-12-23-22(29)25-13-11-17-8-4-5-9-18(17)15-25/h1-9,19H,10-15H2,(H,23,29)(H,24,26)(H,27,28)/t19-/m1/s1. The number of fused-ring (bicyclic) bond motifs is 1. The van der Waals surface area contributed by atoms with Gasteiger partial charge in [0.25, 0.3) is 0 Å². The molecule has 0 fully saturated rings. The number of amides is 3. The van der Waals surface area contributed by atoms with Gasteiger partial charge in [0, 0.05) is 32.5 Å². The van der Waals surface area contributed by atoms with Crippen LogP contribution in [0, 0.1) is 0 Å². The van der Waals surface area contributed by atoms with E-state index in [1.165, 1.54) is 5.56 Å². The van der Waals surface area contributed by atoms with Gasteiger partial charge in [-0.3, -0.25) is 4.79 Å². The minimum absolute atomic E-state index is 0.0226. The molecule has 1 atom stereocenters. The topological polar surface area (TPSA) is 98.7 Å². The maximum atomic E-state index is 12.3. The van der Waals surface area contributed by atoms with Gasteiger partial charge in [0.05, 0.1) is 0 Å². The lowest BCUT2D eigenvalue weighted by Gasteiger charge is -2.29. The average molecular weight is 395 g/mol. The van der Waals surface area contributed by atoms with Crippen molar-refractivity contribution in [3.63, 3.8) is 0 Å². The summed E-state index contributed by atoms with van der Waals surface area (Å²) in [5, 5.41) is 14.6. The molecular formula is C22H25N3O4. The average Bonchev–Trinajstić information content (AvgIpc) is 2.73. The fourth-order valence-electron chi connectivity index (χ4n) is 3.38. The van der Waals surface area contributed by atoms with E-state index in [1.54, 1.807) is 4.90 Å². The summed E-state index contributed by atoms with van der Waals surface area (Å²) in [7, 11) is 0. The SMILES string of the molecule is O=C(CCNC(=O)N1CCc2ccccc2C1)N[C@H](Cc1ccccc1)C(=O)O. The molecule has 2 aromatic carbocycles. The lowest BCUT2D eigenvalue weighted by atomic mass is 10.0. The number of carboxylic acid groups (broad SMARTS) is 1. The molecule has 0 spiro atoms. The van der Waals surface area contributed by atoms with Crippen molar-refractivity contribution in [1.82, 2.24) is 15.5 Å². The van der Waals surface area contributed by atoms with Gasteiger partial charge in [0.15, 0.2) is 0 Å². The van der Waals surface area contributed by atoms with Gasteiger partial charge in [-0.25, -0.2) is 9.59 Å². The van der Waals surface area contributed by atoms with Gasteiger partial charge in [-0.2, -0.15) is 0 Å². The second-order valence-electron chi connectivity index (χ2n) is 7.07. The van der Waals surface area contributed by atoms with E-state index in [0.29, 0.717) is 13.1 Å². The molecule has 0 bridgehead atoms. The Morgan fingerprint density at radius 1 is 1.00 bits per heavy atom. The number of aliphatic carboxylic acids is 1. The Bertz CT molecular complexity index is 869. The molecule has 1 heterocycles. The van der Waals surface area contributed by atoms with Crippen LogP contribution in [0.3, 0.4) is 0 Å². The molecule has 3 amide bonds. The molecule has 29 heavy (non-hydrogen) atoms. The maximum absolute atomic E-state index is 12.3. The normalized spacial score (nSPS) is 13.9. The van der Waals surface area contributed by atoms with Gasteiger partial charge in [-0.05, 0) is 23.1 Å². The van der Waals surface area contributed by atoms with E-state index in [0.717, 1.165) is 17.5 Å². The van der Waals surface area contributed by atoms with Gasteiger partial charge in [0.1, 0.15) is 6.04 Å². The molecule has 0 aliphatic carbocycles. The summed E-state index contributed by atoms with van der Waals surface area (Å²) >= 11 is 0. The predicted octanol–water partition coefficient (Wildman–Crippen LogP) is 1.96. The first kappa shape index (κ1) is 20.4. The van der Waals surface area contributed by atoms with E-state index in [4.69, 9.17) is 0 Å². The number of carbonyl (C=O) groups is 3. The van der Waals surface area contributed by atoms with E-state index in [9.17, 15) is 19.5 Å². The predicted molar refractivity (Wildman–Crippen MR) is 108 cm³/mol. The van der Waals surface area contributed by atoms with Crippen LogP contribution in [0.15, 0.2) is 54.6 Å². The summed E-state index contributed by atoms with van der Waals surface area (Å²) in [6, 6.07) is 16.0. The van der Waals surface area contributed by atoms with E-state index in [2.05, 4.69) is 16.7 Å². The van der Waals surface area contributed by atoms with Crippen LogP contribution in [-0.4, -0.2) is 47.0 Å². The van der Waals surface area contributed by atoms with Crippen LogP contribution in [0.2, 0.25) is 0 Å². The smallest absolute Gasteiger partial charge is 0.326 e. The number of nitrogens with zero attached hydrogens (tertiary/aromatic N) is 1. The molecule has 7 heteroatoms. The summed E-state index contributed by atoms with van der Waals surface area (Å²) in [5.41, 5.74) is 3.23. The Labute approximate surface area is 169 Å². The van der Waals surface area contributed by atoms with Gasteiger partial charge >= 0.3 is 12.0 Å². The van der Waals surface area contributed by atoms with Crippen LogP contribution in [0.5, 0.6) is 0 Å². The third-order valence-corrected chi connectivity index (χ3v) is 4.96. The van der Waals surface area contributed by atoms with Crippen molar-refractivity contribution in [2.45, 2.75) is 31.8 Å². The minimum atomic E-state index is -1.08. The van der Waals surface area contributed by atoms with E-state index >= 15 is 0 Å². The van der Waals surface area contributed by atoms with Gasteiger partial charge < -0.3 is 20.6 Å². The van der Waals surface area contributed by atoms with Crippen molar-refractivity contribution in [2.75, 3.05) is 13.1 Å². The fraction of sp³-hybridized carbons (Fsp3) is 0.318. The van der Waals surface area contributed by atoms with Crippen molar-refractivity contribution in [3.8, 4) is 0 Å². The minimum Gasteiger partial charge on any atom is -0.480 e. The first-order valence-corrected chi connectivity index (χ1v) is 9.68. The molecule has 0 unspecified atom stereocenters. The molecule has 152 valence electrons. The first-order valence-electron chi connectivity index (χ1n) is 9.68. The van der Waals surface area contributed by atoms with Crippen LogP contribution >= 0.6 is 0 Å². The Morgan fingerprint density at radius 2 is 1.69 bits per heavy atom. The zero-order valence-electron chi connectivity index (χ0n) is 16.1. The van der Waals surface area contributed by atoms with Crippen molar-refractivity contribution >= 4 is 17.9 Å². The largest absolute Gasteiger partial charge is 0.480 e. The van der Waals surface area contributed by atoms with E-state index in [-0.39, 0.29) is 25.4 Å². The van der Waals surface area contributed by atoms with Crippen molar-refractivity contribution in [3.05, 3.63) is 71.3 Å². The number of nitrogens with one attached hydrogen (secondary N) is 2. The molecule has 2 aromatic rings. The lowest BCUT2D eigenvalue weighted by Crippen LogP contribution is -2.45. The summed E-state index contributed by atoms with van der Waals surface area (Å²) in [6.07, 6.45) is 1.04. The molecule has 1 aliphatic rings. The Morgan fingerprint density at radius 3 is 2.41 bits per heavy atom. The van der Waals surface area contributed by atoms with E-state index in [1.807, 2.05) is 48.5 Å². The number of urea groups is 1. The molecule has 3 rings (SSSR count). The molecule has 3 N–H and O–H groups in total. The van der Waals surface area contributed by atoms with Gasteiger partial charge in [-0.15, -0.1) is 0 Å². The second kappa shape index (κ2) is 9.73. The summed E-state index contributed by atoms with van der Waals surface area (Å²) in [5.74, 6) is -1.49. The summed E-state index contributed by atoms with van der Waals surface area (Å²) in [4.78, 5) is 37.6. The number of carboxylic acids is 1. The lowest BCUT2D eigenvalue weighted by molar-refractivity contribution is -0.141. The van der Waals surface area contributed by atoms with Gasteiger partial charge in [-0.1, -0.05) is 54.6 Å². The number of hydrogen-bond donors (Lipinski definition) is 3. The zero-order chi connectivity index (χ0) is 20.6. The highest BCUT2D eigenvalue weighted by molar-refractivity contribution is 5.84. The van der Waals surface area contributed by atoms with Crippen LogP contribution in [0.1, 0.15) is 23.1 Å². The molecule has 0 saturated heterocycles. The quantitative estimate of drug-likeness (QED) is 0.667. The third kappa shape index (κ3) is 5.81. The Kier molecular flexibility index (Phi) is 6.84. The van der Waals surface area contributed by atoms with Crippen LogP contribution in [0.25, 0.3) is 0 Å². The van der Waals surface area contributed by atoms with Crippen molar-refractivity contribution in [2.24, 2.45) is 0 Å². The van der Waals surface area contributed by atoms with E-state index < -0.39 is 17.9 Å². The Hall–Kier alpha value is -3.35. The van der Waals surface area contributed by atoms with Gasteiger partial charge in [0.2, 0.25) is 5.91 Å². The summed E-state index contributed by atoms with van der Waals surface area (Å²) < 4.78 is 0. The highest BCUT2D eigenvalue weighted by Crippen LogP contribution is 2.18. The fourth-order valence-corrected chi connectivity index (χ4v) is 3.38. The van der Waals surface area contributed by atoms with Crippen LogP contribution in [-0.2, 0) is 29.0 Å². The first-order chi connectivity index (χ1) is 14.0. The molecule has 0 radical (unpaired) electrons. The zero-order valence-corrected chi connectivity index (χ0v) is 16.1. The number of benzene rings is 2. The Balaban J connectivity index is 1.43. The summed E-state index contributed by atoms with van der Waals surface area (Å²) in [6.45, 7) is 1.33. The van der Waals surface area contributed by atoms with Crippen LogP contribution < -0.4 is 10.6 Å². The number of rotatable bonds is 7. The second-order valence-corrected chi connectivity index (χ2v) is 7.07. The van der Waals surface area contributed by atoms with Crippen LogP contribution in [0.4, 0.5) is 4.79 Å². The number of hydrogen-bond acceptors (Lipinski definition) is 3. The van der Waals surface area contributed by atoms with Crippen molar-refractivity contribution in [1.29, 1.82) is 0 Å².